The third kappa shape index (κ3) is 2.04. The molecule has 78 valence electrons. The van der Waals surface area contributed by atoms with Crippen molar-refractivity contribution in [2.75, 3.05) is 7.11 Å². The molecule has 0 saturated heterocycles. The fraction of sp³-hybridized carbons (Fsp3) is 0.375. The SMILES string of the molecule is COc1cc(CCl)nc(C(F)F)c1O. The van der Waals surface area contributed by atoms with E-state index in [1.54, 1.807) is 0 Å². The Bertz CT molecular complexity index is 333. The van der Waals surface area contributed by atoms with Gasteiger partial charge in [-0.15, -0.1) is 11.6 Å². The molecule has 0 bridgehead atoms. The summed E-state index contributed by atoms with van der Waals surface area (Å²) >= 11 is 5.44. The van der Waals surface area contributed by atoms with Crippen LogP contribution in [0.15, 0.2) is 6.07 Å². The second kappa shape index (κ2) is 4.41. The maximum absolute atomic E-state index is 12.3. The highest BCUT2D eigenvalue weighted by Crippen LogP contribution is 2.35. The van der Waals surface area contributed by atoms with Gasteiger partial charge in [-0.3, -0.25) is 0 Å². The number of ether oxygens (including phenoxy) is 1. The third-order valence-electron chi connectivity index (χ3n) is 1.60. The monoisotopic (exact) mass is 223 g/mol. The van der Waals surface area contributed by atoms with Crippen LogP contribution in [0.2, 0.25) is 0 Å². The average molecular weight is 224 g/mol. The predicted octanol–water partition coefficient (Wildman–Crippen LogP) is 2.47. The van der Waals surface area contributed by atoms with E-state index in [-0.39, 0.29) is 17.3 Å². The molecule has 14 heavy (non-hydrogen) atoms. The van der Waals surface area contributed by atoms with Crippen molar-refractivity contribution in [2.45, 2.75) is 12.3 Å². The van der Waals surface area contributed by atoms with Crippen LogP contribution in [0.5, 0.6) is 11.5 Å². The van der Waals surface area contributed by atoms with Crippen LogP contribution in [0.1, 0.15) is 17.8 Å². The lowest BCUT2D eigenvalue weighted by molar-refractivity contribution is 0.140. The first-order valence-corrected chi connectivity index (χ1v) is 4.24. The van der Waals surface area contributed by atoms with E-state index in [0.29, 0.717) is 0 Å². The summed E-state index contributed by atoms with van der Waals surface area (Å²) in [6.07, 6.45) is -2.85. The molecular weight excluding hydrogens is 216 g/mol. The molecule has 0 aliphatic heterocycles. The summed E-state index contributed by atoms with van der Waals surface area (Å²) in [5, 5.41) is 9.27. The molecule has 0 radical (unpaired) electrons. The van der Waals surface area contributed by atoms with Crippen LogP contribution >= 0.6 is 11.6 Å². The lowest BCUT2D eigenvalue weighted by Gasteiger charge is -2.09. The zero-order valence-corrected chi connectivity index (χ0v) is 8.05. The molecule has 0 aromatic carbocycles. The maximum Gasteiger partial charge on any atom is 0.284 e. The van der Waals surface area contributed by atoms with Gasteiger partial charge < -0.3 is 9.84 Å². The van der Waals surface area contributed by atoms with Gasteiger partial charge >= 0.3 is 0 Å². The van der Waals surface area contributed by atoms with Crippen LogP contribution < -0.4 is 4.74 Å². The normalized spacial score (nSPS) is 10.6. The summed E-state index contributed by atoms with van der Waals surface area (Å²) in [6, 6.07) is 1.31. The van der Waals surface area contributed by atoms with Gasteiger partial charge in [-0.2, -0.15) is 0 Å². The van der Waals surface area contributed by atoms with E-state index in [4.69, 9.17) is 16.3 Å². The Kier molecular flexibility index (Phi) is 3.46. The van der Waals surface area contributed by atoms with E-state index in [0.717, 1.165) is 0 Å². The summed E-state index contributed by atoms with van der Waals surface area (Å²) in [5.41, 5.74) is -0.475. The van der Waals surface area contributed by atoms with Crippen molar-refractivity contribution in [1.29, 1.82) is 0 Å². The Balaban J connectivity index is 3.27. The number of alkyl halides is 3. The topological polar surface area (TPSA) is 42.4 Å². The van der Waals surface area contributed by atoms with Crippen LogP contribution in [0.25, 0.3) is 0 Å². The number of pyridine rings is 1. The molecule has 1 heterocycles. The van der Waals surface area contributed by atoms with Gasteiger partial charge in [0.1, 0.15) is 0 Å². The van der Waals surface area contributed by atoms with Crippen molar-refractivity contribution in [1.82, 2.24) is 4.98 Å². The molecule has 0 saturated carbocycles. The van der Waals surface area contributed by atoms with Crippen LogP contribution in [0, 0.1) is 0 Å². The number of hydrogen-bond donors (Lipinski definition) is 1. The second-order valence-corrected chi connectivity index (χ2v) is 2.75. The molecule has 6 heteroatoms. The summed E-state index contributed by atoms with van der Waals surface area (Å²) in [7, 11) is 1.27. The molecular formula is C8H8ClF2NO2. The summed E-state index contributed by atoms with van der Waals surface area (Å²) in [5.74, 6) is -0.710. The zero-order chi connectivity index (χ0) is 10.7. The smallest absolute Gasteiger partial charge is 0.284 e. The molecule has 0 spiro atoms. The van der Waals surface area contributed by atoms with Crippen LogP contribution in [-0.4, -0.2) is 17.2 Å². The molecule has 1 aromatic rings. The quantitative estimate of drug-likeness (QED) is 0.801. The Morgan fingerprint density at radius 2 is 2.29 bits per heavy atom. The van der Waals surface area contributed by atoms with Crippen molar-refractivity contribution < 1.29 is 18.6 Å². The Labute approximate surface area is 84.3 Å². The van der Waals surface area contributed by atoms with Gasteiger partial charge in [-0.05, 0) is 0 Å². The third-order valence-corrected chi connectivity index (χ3v) is 1.88. The molecule has 1 aromatic heterocycles. The number of rotatable bonds is 3. The number of halogens is 3. The van der Waals surface area contributed by atoms with E-state index in [9.17, 15) is 13.9 Å². The fourth-order valence-electron chi connectivity index (χ4n) is 0.962. The highest BCUT2D eigenvalue weighted by Gasteiger charge is 2.19. The number of methoxy groups -OCH3 is 1. The minimum absolute atomic E-state index is 0.0175. The van der Waals surface area contributed by atoms with Gasteiger partial charge in [0.05, 0.1) is 18.7 Å². The highest BCUT2D eigenvalue weighted by atomic mass is 35.5. The predicted molar refractivity (Wildman–Crippen MR) is 47.0 cm³/mol. The first-order chi connectivity index (χ1) is 6.60. The Hall–Kier alpha value is -1.10. The largest absolute Gasteiger partial charge is 0.503 e. The van der Waals surface area contributed by atoms with E-state index in [2.05, 4.69) is 4.98 Å². The summed E-state index contributed by atoms with van der Waals surface area (Å²) in [6.45, 7) is 0. The zero-order valence-electron chi connectivity index (χ0n) is 7.30. The minimum Gasteiger partial charge on any atom is -0.503 e. The molecule has 1 N–H and O–H groups in total. The van der Waals surface area contributed by atoms with Crippen molar-refractivity contribution >= 4 is 11.6 Å². The van der Waals surface area contributed by atoms with Crippen LogP contribution in [-0.2, 0) is 5.88 Å². The fourth-order valence-corrected chi connectivity index (χ4v) is 1.10. The van der Waals surface area contributed by atoms with Gasteiger partial charge in [-0.1, -0.05) is 0 Å². The number of nitrogens with zero attached hydrogens (tertiary/aromatic N) is 1. The maximum atomic E-state index is 12.3. The number of hydrogen-bond acceptors (Lipinski definition) is 3. The van der Waals surface area contributed by atoms with E-state index in [1.165, 1.54) is 13.2 Å². The van der Waals surface area contributed by atoms with Gasteiger partial charge in [0.15, 0.2) is 17.2 Å². The summed E-state index contributed by atoms with van der Waals surface area (Å²) < 4.78 is 29.4. The molecule has 3 nitrogen and oxygen atoms in total. The van der Waals surface area contributed by atoms with E-state index >= 15 is 0 Å². The lowest BCUT2D eigenvalue weighted by atomic mass is 10.2. The van der Waals surface area contributed by atoms with Gasteiger partial charge in [0.2, 0.25) is 0 Å². The van der Waals surface area contributed by atoms with E-state index in [1.807, 2.05) is 0 Å². The van der Waals surface area contributed by atoms with Gasteiger partial charge in [0, 0.05) is 6.07 Å². The molecule has 0 aliphatic rings. The van der Waals surface area contributed by atoms with Gasteiger partial charge in [0.25, 0.3) is 6.43 Å². The van der Waals surface area contributed by atoms with Gasteiger partial charge in [-0.25, -0.2) is 13.8 Å². The first-order valence-electron chi connectivity index (χ1n) is 3.71. The standard InChI is InChI=1S/C8H8ClF2NO2/c1-14-5-2-4(3-9)12-6(7(5)13)8(10)11/h2,8,13H,3H2,1H3. The van der Waals surface area contributed by atoms with Crippen molar-refractivity contribution in [2.24, 2.45) is 0 Å². The minimum atomic E-state index is -2.85. The van der Waals surface area contributed by atoms with Crippen molar-refractivity contribution in [3.8, 4) is 11.5 Å². The Morgan fingerprint density at radius 3 is 2.71 bits per heavy atom. The second-order valence-electron chi connectivity index (χ2n) is 2.48. The Morgan fingerprint density at radius 1 is 1.64 bits per heavy atom. The highest BCUT2D eigenvalue weighted by molar-refractivity contribution is 6.16. The molecule has 0 aliphatic carbocycles. The number of aromatic nitrogens is 1. The molecule has 1 rings (SSSR count). The first kappa shape index (κ1) is 11.0. The lowest BCUT2D eigenvalue weighted by Crippen LogP contribution is -1.98. The van der Waals surface area contributed by atoms with Crippen molar-refractivity contribution in [3.05, 3.63) is 17.5 Å². The summed E-state index contributed by atoms with van der Waals surface area (Å²) in [4.78, 5) is 3.49. The molecule has 0 fully saturated rings. The number of aromatic hydroxyl groups is 1. The van der Waals surface area contributed by atoms with E-state index < -0.39 is 17.9 Å². The van der Waals surface area contributed by atoms with Crippen LogP contribution in [0.4, 0.5) is 8.78 Å². The molecule has 0 amide bonds. The molecule has 0 unspecified atom stereocenters. The van der Waals surface area contributed by atoms with Crippen LogP contribution in [0.3, 0.4) is 0 Å². The van der Waals surface area contributed by atoms with Crippen molar-refractivity contribution in [3.63, 3.8) is 0 Å². The molecule has 0 atom stereocenters. The average Bonchev–Trinajstić information content (AvgIpc) is 2.17.